The summed E-state index contributed by atoms with van der Waals surface area (Å²) in [6.45, 7) is 4.66. The third-order valence-corrected chi connectivity index (χ3v) is 7.52. The van der Waals surface area contributed by atoms with Crippen molar-refractivity contribution in [3.63, 3.8) is 0 Å². The lowest BCUT2D eigenvalue weighted by molar-refractivity contribution is -0.0285. The Morgan fingerprint density at radius 1 is 0.750 bits per heavy atom. The second-order valence-electron chi connectivity index (χ2n) is 8.91. The molecular formula is C24H28. The normalized spacial score (nSPS) is 36.9. The van der Waals surface area contributed by atoms with Crippen LogP contribution in [-0.4, -0.2) is 0 Å². The van der Waals surface area contributed by atoms with Crippen LogP contribution in [0.2, 0.25) is 0 Å². The van der Waals surface area contributed by atoms with Crippen LogP contribution in [0.3, 0.4) is 0 Å². The Morgan fingerprint density at radius 2 is 1.38 bits per heavy atom. The maximum atomic E-state index is 2.45. The molecule has 24 heavy (non-hydrogen) atoms. The molecule has 124 valence electrons. The summed E-state index contributed by atoms with van der Waals surface area (Å²) < 4.78 is 0. The van der Waals surface area contributed by atoms with Gasteiger partial charge in [-0.1, -0.05) is 48.5 Å². The summed E-state index contributed by atoms with van der Waals surface area (Å²) >= 11 is 0. The van der Waals surface area contributed by atoms with Crippen molar-refractivity contribution in [2.24, 2.45) is 17.8 Å². The summed E-state index contributed by atoms with van der Waals surface area (Å²) in [7, 11) is 0. The fraction of sp³-hybridized carbons (Fsp3) is 0.500. The first-order valence-electron chi connectivity index (χ1n) is 9.79. The molecule has 4 saturated carbocycles. The highest BCUT2D eigenvalue weighted by molar-refractivity contribution is 5.44. The first-order chi connectivity index (χ1) is 11.7. The van der Waals surface area contributed by atoms with E-state index in [1.54, 1.807) is 11.1 Å². The van der Waals surface area contributed by atoms with E-state index in [0.29, 0.717) is 5.41 Å². The minimum Gasteiger partial charge on any atom is -0.0620 e. The molecule has 4 bridgehead atoms. The van der Waals surface area contributed by atoms with Crippen LogP contribution in [0.4, 0.5) is 0 Å². The number of aryl methyl sites for hydroxylation is 2. The van der Waals surface area contributed by atoms with Crippen molar-refractivity contribution in [2.45, 2.75) is 57.3 Å². The maximum Gasteiger partial charge on any atom is 0.00323 e. The van der Waals surface area contributed by atoms with Gasteiger partial charge in [0.25, 0.3) is 0 Å². The van der Waals surface area contributed by atoms with Crippen molar-refractivity contribution in [1.82, 2.24) is 0 Å². The fourth-order valence-corrected chi connectivity index (χ4v) is 7.05. The van der Waals surface area contributed by atoms with Gasteiger partial charge >= 0.3 is 0 Å². The van der Waals surface area contributed by atoms with Crippen molar-refractivity contribution in [3.05, 3.63) is 70.8 Å². The van der Waals surface area contributed by atoms with Gasteiger partial charge in [0.05, 0.1) is 0 Å². The first-order valence-corrected chi connectivity index (χ1v) is 9.79. The lowest BCUT2D eigenvalue weighted by Gasteiger charge is -2.62. The van der Waals surface area contributed by atoms with Crippen LogP contribution in [0.1, 0.15) is 60.3 Å². The standard InChI is InChI=1S/C24H28/c1-16-7-3-5-9-21(16)23-20-12-18-11-19(13-20)15-24(23,14-18)22-10-6-4-8-17(22)2/h3-10,18-20,23H,11-15H2,1-2H3. The van der Waals surface area contributed by atoms with Crippen LogP contribution in [0, 0.1) is 31.6 Å². The summed E-state index contributed by atoms with van der Waals surface area (Å²) in [5, 5.41) is 0. The summed E-state index contributed by atoms with van der Waals surface area (Å²) in [4.78, 5) is 0. The lowest BCUT2D eigenvalue weighted by atomic mass is 9.42. The van der Waals surface area contributed by atoms with Crippen molar-refractivity contribution >= 4 is 0 Å². The molecule has 2 aromatic carbocycles. The highest BCUT2D eigenvalue weighted by Crippen LogP contribution is 2.67. The van der Waals surface area contributed by atoms with E-state index in [2.05, 4.69) is 62.4 Å². The van der Waals surface area contributed by atoms with Gasteiger partial charge in [0.1, 0.15) is 0 Å². The van der Waals surface area contributed by atoms with E-state index in [0.717, 1.165) is 23.7 Å². The van der Waals surface area contributed by atoms with Crippen molar-refractivity contribution in [1.29, 1.82) is 0 Å². The third-order valence-electron chi connectivity index (χ3n) is 7.52. The van der Waals surface area contributed by atoms with Crippen LogP contribution in [0.25, 0.3) is 0 Å². The van der Waals surface area contributed by atoms with Gasteiger partial charge in [0.2, 0.25) is 0 Å². The van der Waals surface area contributed by atoms with Crippen molar-refractivity contribution in [2.75, 3.05) is 0 Å². The quantitative estimate of drug-likeness (QED) is 0.622. The molecule has 4 aliphatic carbocycles. The topological polar surface area (TPSA) is 0 Å². The van der Waals surface area contributed by atoms with Gasteiger partial charge in [-0.15, -0.1) is 0 Å². The maximum absolute atomic E-state index is 2.45. The zero-order valence-corrected chi connectivity index (χ0v) is 15.0. The van der Waals surface area contributed by atoms with Crippen LogP contribution < -0.4 is 0 Å². The summed E-state index contributed by atoms with van der Waals surface area (Å²) in [6, 6.07) is 18.5. The molecule has 0 aliphatic heterocycles. The summed E-state index contributed by atoms with van der Waals surface area (Å²) in [5.41, 5.74) is 6.72. The van der Waals surface area contributed by atoms with Gasteiger partial charge in [-0.2, -0.15) is 0 Å². The highest BCUT2D eigenvalue weighted by Gasteiger charge is 2.58. The molecule has 0 nitrogen and oxygen atoms in total. The molecule has 0 saturated heterocycles. The molecule has 0 heteroatoms. The van der Waals surface area contributed by atoms with Crippen molar-refractivity contribution < 1.29 is 0 Å². The molecule has 3 atom stereocenters. The molecule has 0 radical (unpaired) electrons. The number of benzene rings is 2. The Kier molecular flexibility index (Phi) is 3.21. The number of hydrogen-bond acceptors (Lipinski definition) is 0. The van der Waals surface area contributed by atoms with Crippen molar-refractivity contribution in [3.8, 4) is 0 Å². The van der Waals surface area contributed by atoms with Gasteiger partial charge < -0.3 is 0 Å². The largest absolute Gasteiger partial charge is 0.0620 e. The average molecular weight is 316 g/mol. The Hall–Kier alpha value is -1.56. The predicted octanol–water partition coefficient (Wildman–Crippen LogP) is 6.16. The minimum atomic E-state index is 0.395. The lowest BCUT2D eigenvalue weighted by Crippen LogP contribution is -2.54. The molecule has 0 N–H and O–H groups in total. The molecular weight excluding hydrogens is 288 g/mol. The molecule has 2 aromatic rings. The molecule has 0 aromatic heterocycles. The van der Waals surface area contributed by atoms with E-state index < -0.39 is 0 Å². The van der Waals surface area contributed by atoms with Crippen LogP contribution in [0.5, 0.6) is 0 Å². The van der Waals surface area contributed by atoms with Gasteiger partial charge in [-0.25, -0.2) is 0 Å². The molecule has 0 heterocycles. The summed E-state index contributed by atoms with van der Waals surface area (Å²) in [5.74, 6) is 3.58. The number of rotatable bonds is 2. The van der Waals surface area contributed by atoms with Gasteiger partial charge in [0.15, 0.2) is 0 Å². The molecule has 0 spiro atoms. The van der Waals surface area contributed by atoms with E-state index in [1.165, 1.54) is 43.2 Å². The first kappa shape index (κ1) is 14.8. The monoisotopic (exact) mass is 316 g/mol. The van der Waals surface area contributed by atoms with E-state index in [9.17, 15) is 0 Å². The van der Waals surface area contributed by atoms with E-state index >= 15 is 0 Å². The SMILES string of the molecule is Cc1ccccc1C1C2CC3CC(C2)CC1(c1ccccc1C)C3. The van der Waals surface area contributed by atoms with E-state index in [1.807, 2.05) is 0 Å². The Bertz CT molecular complexity index is 757. The number of hydrogen-bond donors (Lipinski definition) is 0. The van der Waals surface area contributed by atoms with Gasteiger partial charge in [0, 0.05) is 5.41 Å². The van der Waals surface area contributed by atoms with Crippen LogP contribution >= 0.6 is 0 Å². The van der Waals surface area contributed by atoms with Crippen LogP contribution in [0.15, 0.2) is 48.5 Å². The fourth-order valence-electron chi connectivity index (χ4n) is 7.05. The zero-order chi connectivity index (χ0) is 16.3. The third kappa shape index (κ3) is 1.98. The van der Waals surface area contributed by atoms with Gasteiger partial charge in [-0.3, -0.25) is 0 Å². The van der Waals surface area contributed by atoms with E-state index in [4.69, 9.17) is 0 Å². The van der Waals surface area contributed by atoms with Gasteiger partial charge in [-0.05, 0) is 91.9 Å². The Morgan fingerprint density at radius 3 is 2.04 bits per heavy atom. The average Bonchev–Trinajstić information content (AvgIpc) is 2.56. The summed E-state index contributed by atoms with van der Waals surface area (Å²) in [6.07, 6.45) is 7.30. The zero-order valence-electron chi connectivity index (χ0n) is 15.0. The van der Waals surface area contributed by atoms with Crippen LogP contribution in [-0.2, 0) is 5.41 Å². The Balaban J connectivity index is 1.72. The molecule has 4 aliphatic rings. The predicted molar refractivity (Wildman–Crippen MR) is 100 cm³/mol. The second kappa shape index (κ2) is 5.22. The Labute approximate surface area is 146 Å². The molecule has 4 fully saturated rings. The molecule has 3 unspecified atom stereocenters. The minimum absolute atomic E-state index is 0.395. The molecule has 6 rings (SSSR count). The van der Waals surface area contributed by atoms with E-state index in [-0.39, 0.29) is 0 Å². The smallest absolute Gasteiger partial charge is 0.00323 e. The second-order valence-corrected chi connectivity index (χ2v) is 8.91. The molecule has 0 amide bonds. The highest BCUT2D eigenvalue weighted by atomic mass is 14.6.